The fraction of sp³-hybridized carbons (Fsp3) is 0.381. The van der Waals surface area contributed by atoms with Crippen LogP contribution in [0.1, 0.15) is 24.0 Å². The summed E-state index contributed by atoms with van der Waals surface area (Å²) in [6.07, 6.45) is 1.87. The van der Waals surface area contributed by atoms with Gasteiger partial charge in [0.1, 0.15) is 0 Å². The van der Waals surface area contributed by atoms with E-state index in [2.05, 4.69) is 5.32 Å². The molecule has 1 atom stereocenters. The molecule has 1 heterocycles. The first-order valence-electron chi connectivity index (χ1n) is 9.54. The summed E-state index contributed by atoms with van der Waals surface area (Å²) < 4.78 is 33.1. The summed E-state index contributed by atoms with van der Waals surface area (Å²) in [5.74, 6) is -0.356. The van der Waals surface area contributed by atoms with Gasteiger partial charge in [-0.25, -0.2) is 8.42 Å². The Hall–Kier alpha value is -1.93. The zero-order valence-electron chi connectivity index (χ0n) is 16.3. The van der Waals surface area contributed by atoms with Crippen LogP contribution >= 0.6 is 11.6 Å². The number of amides is 1. The fourth-order valence-corrected chi connectivity index (χ4v) is 4.64. The molecule has 1 aliphatic heterocycles. The van der Waals surface area contributed by atoms with E-state index in [0.717, 1.165) is 24.0 Å². The van der Waals surface area contributed by atoms with Gasteiger partial charge in [-0.3, -0.25) is 4.79 Å². The molecular formula is C21H25ClN2O4S. The van der Waals surface area contributed by atoms with Crippen molar-refractivity contribution in [3.63, 3.8) is 0 Å². The molecule has 29 heavy (non-hydrogen) atoms. The Morgan fingerprint density at radius 1 is 1.17 bits per heavy atom. The highest BCUT2D eigenvalue weighted by molar-refractivity contribution is 7.89. The number of carbonyl (C=O) groups excluding carboxylic acids is 1. The monoisotopic (exact) mass is 436 g/mol. The number of benzene rings is 2. The lowest BCUT2D eigenvalue weighted by Gasteiger charge is -2.22. The third kappa shape index (κ3) is 6.02. The van der Waals surface area contributed by atoms with E-state index in [1.807, 2.05) is 31.2 Å². The van der Waals surface area contributed by atoms with Crippen LogP contribution in [0, 0.1) is 6.92 Å². The van der Waals surface area contributed by atoms with Crippen molar-refractivity contribution >= 4 is 27.5 Å². The van der Waals surface area contributed by atoms with E-state index in [1.54, 1.807) is 0 Å². The van der Waals surface area contributed by atoms with Gasteiger partial charge in [-0.15, -0.1) is 0 Å². The van der Waals surface area contributed by atoms with Crippen LogP contribution in [0.5, 0.6) is 0 Å². The third-order valence-corrected chi connectivity index (χ3v) is 6.86. The summed E-state index contributed by atoms with van der Waals surface area (Å²) in [4.78, 5) is 12.6. The van der Waals surface area contributed by atoms with Crippen LogP contribution < -0.4 is 5.32 Å². The summed E-state index contributed by atoms with van der Waals surface area (Å²) in [6, 6.07) is 13.5. The number of ether oxygens (including phenoxy) is 1. The van der Waals surface area contributed by atoms with Gasteiger partial charge in [0.05, 0.1) is 17.5 Å². The number of hydrogen-bond donors (Lipinski definition) is 1. The normalized spacial score (nSPS) is 16.9. The van der Waals surface area contributed by atoms with Crippen molar-refractivity contribution in [2.75, 3.05) is 19.7 Å². The highest BCUT2D eigenvalue weighted by atomic mass is 35.5. The zero-order valence-corrected chi connectivity index (χ0v) is 17.9. The first kappa shape index (κ1) is 21.8. The standard InChI is InChI=1S/C21H25ClN2O4S/c1-16-4-6-17(7-5-16)14-24(15-21(25)23-13-19-3-2-12-28-19)29(26,27)20-10-8-18(22)9-11-20/h4-11,19H,2-3,12-15H2,1H3,(H,23,25)/t19-/m0/s1. The highest BCUT2D eigenvalue weighted by Crippen LogP contribution is 2.21. The number of sulfonamides is 1. The topological polar surface area (TPSA) is 75.7 Å². The summed E-state index contributed by atoms with van der Waals surface area (Å²) in [5.41, 5.74) is 1.88. The van der Waals surface area contributed by atoms with Crippen molar-refractivity contribution in [3.8, 4) is 0 Å². The van der Waals surface area contributed by atoms with E-state index in [-0.39, 0.29) is 30.0 Å². The molecule has 1 saturated heterocycles. The molecule has 1 fully saturated rings. The number of carbonyl (C=O) groups is 1. The molecular weight excluding hydrogens is 412 g/mol. The average molecular weight is 437 g/mol. The molecule has 0 unspecified atom stereocenters. The maximum absolute atomic E-state index is 13.2. The van der Waals surface area contributed by atoms with E-state index >= 15 is 0 Å². The Bertz CT molecular complexity index is 924. The van der Waals surface area contributed by atoms with Crippen molar-refractivity contribution in [2.24, 2.45) is 0 Å². The zero-order chi connectivity index (χ0) is 20.9. The number of nitrogens with one attached hydrogen (secondary N) is 1. The van der Waals surface area contributed by atoms with E-state index < -0.39 is 10.0 Å². The maximum atomic E-state index is 13.2. The van der Waals surface area contributed by atoms with Crippen molar-refractivity contribution in [1.29, 1.82) is 0 Å². The van der Waals surface area contributed by atoms with Crippen molar-refractivity contribution in [1.82, 2.24) is 9.62 Å². The van der Waals surface area contributed by atoms with Crippen LogP contribution in [0.15, 0.2) is 53.4 Å². The molecule has 0 spiro atoms. The molecule has 1 amide bonds. The van der Waals surface area contributed by atoms with Gasteiger partial charge in [0.2, 0.25) is 15.9 Å². The second-order valence-electron chi connectivity index (χ2n) is 7.15. The van der Waals surface area contributed by atoms with Crippen LogP contribution in [-0.2, 0) is 26.1 Å². The molecule has 0 aromatic heterocycles. The Morgan fingerprint density at radius 3 is 2.48 bits per heavy atom. The van der Waals surface area contributed by atoms with Gasteiger partial charge in [-0.2, -0.15) is 4.31 Å². The minimum absolute atomic E-state index is 0.00243. The predicted molar refractivity (Wildman–Crippen MR) is 112 cm³/mol. The van der Waals surface area contributed by atoms with E-state index in [9.17, 15) is 13.2 Å². The molecule has 0 saturated carbocycles. The van der Waals surface area contributed by atoms with Gasteiger partial charge in [0.25, 0.3) is 0 Å². The SMILES string of the molecule is Cc1ccc(CN(CC(=O)NC[C@@H]2CCCO2)S(=O)(=O)c2ccc(Cl)cc2)cc1. The summed E-state index contributed by atoms with van der Waals surface area (Å²) >= 11 is 5.89. The summed E-state index contributed by atoms with van der Waals surface area (Å²) in [7, 11) is -3.88. The van der Waals surface area contributed by atoms with Crippen LogP contribution in [0.2, 0.25) is 5.02 Å². The number of hydrogen-bond acceptors (Lipinski definition) is 4. The van der Waals surface area contributed by atoms with Crippen molar-refractivity contribution < 1.29 is 17.9 Å². The molecule has 2 aromatic rings. The highest BCUT2D eigenvalue weighted by Gasteiger charge is 2.27. The number of aryl methyl sites for hydroxylation is 1. The Kier molecular flexibility index (Phi) is 7.29. The van der Waals surface area contributed by atoms with Gasteiger partial charge in [0.15, 0.2) is 0 Å². The van der Waals surface area contributed by atoms with Crippen LogP contribution in [0.3, 0.4) is 0 Å². The molecule has 2 aromatic carbocycles. The van der Waals surface area contributed by atoms with E-state index in [4.69, 9.17) is 16.3 Å². The molecule has 6 nitrogen and oxygen atoms in total. The molecule has 8 heteroatoms. The molecule has 0 bridgehead atoms. The number of halogens is 1. The van der Waals surface area contributed by atoms with Crippen LogP contribution in [0.4, 0.5) is 0 Å². The molecule has 0 aliphatic carbocycles. The molecule has 1 N–H and O–H groups in total. The minimum atomic E-state index is -3.88. The van der Waals surface area contributed by atoms with Crippen LogP contribution in [-0.4, -0.2) is 44.4 Å². The van der Waals surface area contributed by atoms with Crippen molar-refractivity contribution in [3.05, 3.63) is 64.7 Å². The minimum Gasteiger partial charge on any atom is -0.376 e. The molecule has 3 rings (SSSR count). The van der Waals surface area contributed by atoms with Crippen molar-refractivity contribution in [2.45, 2.75) is 37.3 Å². The largest absolute Gasteiger partial charge is 0.376 e. The van der Waals surface area contributed by atoms with Crippen LogP contribution in [0.25, 0.3) is 0 Å². The first-order valence-corrected chi connectivity index (χ1v) is 11.4. The van der Waals surface area contributed by atoms with Gasteiger partial charge < -0.3 is 10.1 Å². The van der Waals surface area contributed by atoms with E-state index in [1.165, 1.54) is 28.6 Å². The number of nitrogens with zero attached hydrogens (tertiary/aromatic N) is 1. The number of rotatable bonds is 8. The molecule has 0 radical (unpaired) electrons. The van der Waals surface area contributed by atoms with Gasteiger partial charge >= 0.3 is 0 Å². The third-order valence-electron chi connectivity index (χ3n) is 4.80. The lowest BCUT2D eigenvalue weighted by Crippen LogP contribution is -2.42. The Balaban J connectivity index is 1.77. The maximum Gasteiger partial charge on any atom is 0.243 e. The second-order valence-corrected chi connectivity index (χ2v) is 9.53. The lowest BCUT2D eigenvalue weighted by atomic mass is 10.1. The summed E-state index contributed by atoms with van der Waals surface area (Å²) in [5, 5.41) is 3.24. The molecule has 156 valence electrons. The average Bonchev–Trinajstić information content (AvgIpc) is 3.21. The predicted octanol–water partition coefficient (Wildman–Crippen LogP) is 3.13. The smallest absolute Gasteiger partial charge is 0.243 e. The lowest BCUT2D eigenvalue weighted by molar-refractivity contribution is -0.121. The first-order chi connectivity index (χ1) is 13.8. The van der Waals surface area contributed by atoms with Gasteiger partial charge in [0, 0.05) is 24.7 Å². The quantitative estimate of drug-likeness (QED) is 0.689. The molecule has 1 aliphatic rings. The van der Waals surface area contributed by atoms with Gasteiger partial charge in [-0.1, -0.05) is 41.4 Å². The Morgan fingerprint density at radius 2 is 1.86 bits per heavy atom. The second kappa shape index (κ2) is 9.71. The Labute approximate surface area is 176 Å². The summed E-state index contributed by atoms with van der Waals surface area (Å²) in [6.45, 7) is 2.87. The fourth-order valence-electron chi connectivity index (χ4n) is 3.13. The van der Waals surface area contributed by atoms with E-state index in [0.29, 0.717) is 18.2 Å². The van der Waals surface area contributed by atoms with Gasteiger partial charge in [-0.05, 0) is 49.6 Å².